The summed E-state index contributed by atoms with van der Waals surface area (Å²) in [4.78, 5) is 12.2. The standard InChI is InChI=1S/C15H22N2O5S2/c1-3-12-6-4-5-7-14(12)17(23(2,19)20)10-15(18)16-13-8-9-24(21,22)11-13/h4-7,13H,3,8-11H2,1-2H3,(H,16,18). The van der Waals surface area contributed by atoms with Gasteiger partial charge in [0.2, 0.25) is 15.9 Å². The Labute approximate surface area is 143 Å². The van der Waals surface area contributed by atoms with Crippen molar-refractivity contribution in [1.29, 1.82) is 0 Å². The molecule has 1 atom stereocenters. The number of benzene rings is 1. The van der Waals surface area contributed by atoms with E-state index in [-0.39, 0.29) is 18.1 Å². The van der Waals surface area contributed by atoms with Crippen LogP contribution in [0.1, 0.15) is 18.9 Å². The second-order valence-electron chi connectivity index (χ2n) is 5.92. The van der Waals surface area contributed by atoms with Gasteiger partial charge in [-0.1, -0.05) is 25.1 Å². The number of rotatable bonds is 6. The number of para-hydroxylation sites is 1. The number of carbonyl (C=O) groups excluding carboxylic acids is 1. The van der Waals surface area contributed by atoms with E-state index in [4.69, 9.17) is 0 Å². The number of nitrogens with one attached hydrogen (secondary N) is 1. The molecule has 9 heteroatoms. The molecule has 7 nitrogen and oxygen atoms in total. The minimum atomic E-state index is -3.65. The third-order valence-electron chi connectivity index (χ3n) is 3.93. The van der Waals surface area contributed by atoms with E-state index in [0.717, 1.165) is 16.1 Å². The fraction of sp³-hybridized carbons (Fsp3) is 0.533. The van der Waals surface area contributed by atoms with Gasteiger partial charge < -0.3 is 5.32 Å². The Morgan fingerprint density at radius 3 is 2.54 bits per heavy atom. The van der Waals surface area contributed by atoms with Gasteiger partial charge >= 0.3 is 0 Å². The molecule has 1 aliphatic rings. The van der Waals surface area contributed by atoms with Crippen molar-refractivity contribution in [2.24, 2.45) is 0 Å². The maximum Gasteiger partial charge on any atom is 0.241 e. The first-order valence-electron chi connectivity index (χ1n) is 7.68. The van der Waals surface area contributed by atoms with Gasteiger partial charge in [-0.3, -0.25) is 9.10 Å². The number of amides is 1. The molecule has 1 aromatic carbocycles. The molecule has 2 rings (SSSR count). The number of nitrogens with zero attached hydrogens (tertiary/aromatic N) is 1. The number of sulfone groups is 1. The number of carbonyl (C=O) groups is 1. The van der Waals surface area contributed by atoms with Crippen LogP contribution in [0.4, 0.5) is 5.69 Å². The van der Waals surface area contributed by atoms with Gasteiger partial charge in [0.15, 0.2) is 9.84 Å². The Bertz CT molecular complexity index is 818. The second kappa shape index (κ2) is 7.10. The van der Waals surface area contributed by atoms with Crippen LogP contribution in [0, 0.1) is 0 Å². The van der Waals surface area contributed by atoms with Crippen LogP contribution >= 0.6 is 0 Å². The molecule has 1 saturated heterocycles. The summed E-state index contributed by atoms with van der Waals surface area (Å²) in [6.07, 6.45) is 2.04. The van der Waals surface area contributed by atoms with Crippen molar-refractivity contribution in [3.8, 4) is 0 Å². The molecule has 0 aromatic heterocycles. The second-order valence-corrected chi connectivity index (χ2v) is 10.1. The highest BCUT2D eigenvalue weighted by atomic mass is 32.2. The SMILES string of the molecule is CCc1ccccc1N(CC(=O)NC1CCS(=O)(=O)C1)S(C)(=O)=O. The molecular formula is C15H22N2O5S2. The molecule has 0 bridgehead atoms. The topological polar surface area (TPSA) is 101 Å². The molecule has 0 aliphatic carbocycles. The maximum atomic E-state index is 12.2. The Morgan fingerprint density at radius 2 is 2.00 bits per heavy atom. The van der Waals surface area contributed by atoms with Crippen molar-refractivity contribution < 1.29 is 21.6 Å². The quantitative estimate of drug-likeness (QED) is 0.773. The van der Waals surface area contributed by atoms with E-state index in [2.05, 4.69) is 5.32 Å². The lowest BCUT2D eigenvalue weighted by Gasteiger charge is -2.25. The number of hydrogen-bond donors (Lipinski definition) is 1. The molecule has 1 aromatic rings. The molecule has 1 N–H and O–H groups in total. The van der Waals surface area contributed by atoms with Crippen LogP contribution in [-0.2, 0) is 31.1 Å². The maximum absolute atomic E-state index is 12.2. The van der Waals surface area contributed by atoms with E-state index in [1.807, 2.05) is 19.1 Å². The number of anilines is 1. The van der Waals surface area contributed by atoms with Crippen molar-refractivity contribution >= 4 is 31.5 Å². The van der Waals surface area contributed by atoms with Gasteiger partial charge in [0.25, 0.3) is 0 Å². The summed E-state index contributed by atoms with van der Waals surface area (Å²) in [5, 5.41) is 2.62. The minimum Gasteiger partial charge on any atom is -0.351 e. The zero-order chi connectivity index (χ0) is 18.0. The van der Waals surface area contributed by atoms with E-state index in [9.17, 15) is 21.6 Å². The van der Waals surface area contributed by atoms with Crippen molar-refractivity contribution in [3.63, 3.8) is 0 Å². The zero-order valence-electron chi connectivity index (χ0n) is 13.7. The molecule has 0 spiro atoms. The van der Waals surface area contributed by atoms with Crippen molar-refractivity contribution in [2.75, 3.05) is 28.6 Å². The van der Waals surface area contributed by atoms with Crippen LogP contribution in [0.25, 0.3) is 0 Å². The molecule has 24 heavy (non-hydrogen) atoms. The van der Waals surface area contributed by atoms with Crippen LogP contribution < -0.4 is 9.62 Å². The average molecular weight is 374 g/mol. The number of sulfonamides is 1. The highest BCUT2D eigenvalue weighted by Gasteiger charge is 2.30. The smallest absolute Gasteiger partial charge is 0.241 e. The summed E-state index contributed by atoms with van der Waals surface area (Å²) >= 11 is 0. The number of hydrogen-bond acceptors (Lipinski definition) is 5. The van der Waals surface area contributed by atoms with E-state index in [0.29, 0.717) is 18.5 Å². The van der Waals surface area contributed by atoms with Crippen molar-refractivity contribution in [2.45, 2.75) is 25.8 Å². The van der Waals surface area contributed by atoms with Gasteiger partial charge in [-0.2, -0.15) is 0 Å². The molecule has 0 radical (unpaired) electrons. The van der Waals surface area contributed by atoms with Crippen molar-refractivity contribution in [3.05, 3.63) is 29.8 Å². The third kappa shape index (κ3) is 4.70. The predicted molar refractivity (Wildman–Crippen MR) is 93.2 cm³/mol. The fourth-order valence-corrected chi connectivity index (χ4v) is 5.31. The summed E-state index contributed by atoms with van der Waals surface area (Å²) in [7, 11) is -6.76. The molecule has 134 valence electrons. The highest BCUT2D eigenvalue weighted by molar-refractivity contribution is 7.92. The molecule has 1 heterocycles. The van der Waals surface area contributed by atoms with Gasteiger partial charge in [-0.05, 0) is 24.5 Å². The molecule has 1 unspecified atom stereocenters. The van der Waals surface area contributed by atoms with Crippen LogP contribution in [0.5, 0.6) is 0 Å². The average Bonchev–Trinajstić information content (AvgIpc) is 2.82. The van der Waals surface area contributed by atoms with Crippen LogP contribution in [0.3, 0.4) is 0 Å². The van der Waals surface area contributed by atoms with Crippen LogP contribution in [0.15, 0.2) is 24.3 Å². The van der Waals surface area contributed by atoms with Gasteiger partial charge in [0.1, 0.15) is 6.54 Å². The Balaban J connectivity index is 2.17. The summed E-state index contributed by atoms with van der Waals surface area (Å²) in [6, 6.07) is 6.55. The summed E-state index contributed by atoms with van der Waals surface area (Å²) in [5.74, 6) is -0.552. The summed E-state index contributed by atoms with van der Waals surface area (Å²) in [6.45, 7) is 1.54. The van der Waals surface area contributed by atoms with Crippen LogP contribution in [-0.4, -0.2) is 53.1 Å². The van der Waals surface area contributed by atoms with E-state index in [1.165, 1.54) is 0 Å². The highest BCUT2D eigenvalue weighted by Crippen LogP contribution is 2.23. The Morgan fingerprint density at radius 1 is 1.33 bits per heavy atom. The lowest BCUT2D eigenvalue weighted by Crippen LogP contribution is -2.44. The summed E-state index contributed by atoms with van der Waals surface area (Å²) < 4.78 is 48.2. The van der Waals surface area contributed by atoms with Gasteiger partial charge in [0.05, 0.1) is 23.4 Å². The third-order valence-corrected chi connectivity index (χ3v) is 6.82. The van der Waals surface area contributed by atoms with E-state index >= 15 is 0 Å². The first-order valence-corrected chi connectivity index (χ1v) is 11.3. The van der Waals surface area contributed by atoms with Crippen LogP contribution in [0.2, 0.25) is 0 Å². The summed E-state index contributed by atoms with van der Waals surface area (Å²) in [5.41, 5.74) is 1.29. The molecular weight excluding hydrogens is 352 g/mol. The zero-order valence-corrected chi connectivity index (χ0v) is 15.4. The van der Waals surface area contributed by atoms with Gasteiger partial charge in [0, 0.05) is 6.04 Å². The Kier molecular flexibility index (Phi) is 5.54. The molecule has 1 aliphatic heterocycles. The first-order chi connectivity index (χ1) is 11.1. The predicted octanol–water partition coefficient (Wildman–Crippen LogP) is 0.318. The molecule has 1 fully saturated rings. The van der Waals surface area contributed by atoms with Crippen molar-refractivity contribution in [1.82, 2.24) is 5.32 Å². The molecule has 1 amide bonds. The first kappa shape index (κ1) is 18.7. The largest absolute Gasteiger partial charge is 0.351 e. The van der Waals surface area contributed by atoms with E-state index < -0.39 is 31.8 Å². The van der Waals surface area contributed by atoms with Gasteiger partial charge in [-0.15, -0.1) is 0 Å². The lowest BCUT2D eigenvalue weighted by atomic mass is 10.1. The monoisotopic (exact) mass is 374 g/mol. The molecule has 0 saturated carbocycles. The lowest BCUT2D eigenvalue weighted by molar-refractivity contribution is -0.120. The minimum absolute atomic E-state index is 0.0480. The van der Waals surface area contributed by atoms with E-state index in [1.54, 1.807) is 12.1 Å². The Hall–Kier alpha value is -1.61. The number of aryl methyl sites for hydroxylation is 1. The fourth-order valence-electron chi connectivity index (χ4n) is 2.75. The normalized spacial score (nSPS) is 19.8. The van der Waals surface area contributed by atoms with Gasteiger partial charge in [-0.25, -0.2) is 16.8 Å².